The van der Waals surface area contributed by atoms with Gasteiger partial charge in [0.1, 0.15) is 5.82 Å². The molecule has 7 nitrogen and oxygen atoms in total. The van der Waals surface area contributed by atoms with Crippen LogP contribution in [0.15, 0.2) is 27.8 Å². The highest BCUT2D eigenvalue weighted by atomic mass is 127. The highest BCUT2D eigenvalue weighted by Crippen LogP contribution is 2.28. The smallest absolute Gasteiger partial charge is 0.216 e. The van der Waals surface area contributed by atoms with E-state index in [0.29, 0.717) is 18.1 Å². The van der Waals surface area contributed by atoms with Gasteiger partial charge in [0, 0.05) is 20.1 Å². The Labute approximate surface area is 172 Å². The summed E-state index contributed by atoms with van der Waals surface area (Å²) in [5.74, 6) is 4.52. The Balaban J connectivity index is 0.00000243. The number of furan rings is 1. The Bertz CT molecular complexity index is 680. The summed E-state index contributed by atoms with van der Waals surface area (Å²) in [7, 11) is 1.83. The van der Waals surface area contributed by atoms with Crippen molar-refractivity contribution in [3.63, 3.8) is 0 Å². The molecule has 8 heteroatoms. The van der Waals surface area contributed by atoms with Crippen molar-refractivity contribution in [2.24, 2.45) is 16.8 Å². The Morgan fingerprint density at radius 1 is 1.46 bits per heavy atom. The van der Waals surface area contributed by atoms with E-state index < -0.39 is 0 Å². The van der Waals surface area contributed by atoms with Crippen LogP contribution >= 0.6 is 24.0 Å². The highest BCUT2D eigenvalue weighted by Gasteiger charge is 2.29. The van der Waals surface area contributed by atoms with Gasteiger partial charge in [-0.3, -0.25) is 10.1 Å². The average molecular weight is 472 g/mol. The number of rotatable bonds is 6. The summed E-state index contributed by atoms with van der Waals surface area (Å²) < 4.78 is 5.32. The zero-order chi connectivity index (χ0) is 17.6. The van der Waals surface area contributed by atoms with Gasteiger partial charge in [0.05, 0.1) is 12.8 Å². The molecule has 1 fully saturated rings. The third-order valence-electron chi connectivity index (χ3n) is 5.14. The van der Waals surface area contributed by atoms with Crippen LogP contribution in [0.25, 0.3) is 11.6 Å². The fourth-order valence-corrected chi connectivity index (χ4v) is 3.71. The fraction of sp³-hybridized carbons (Fsp3) is 0.611. The molecule has 1 aliphatic heterocycles. The number of aliphatic imine (C=N–C) groups is 1. The van der Waals surface area contributed by atoms with Gasteiger partial charge in [0.25, 0.3) is 0 Å². The standard InChI is InChI=1S/C18H28N6O.HI/c1-4-13(5-2)14-8-9-24(12-14)18(19-3)20-11-16-21-17(23-22-16)15-7-6-10-25-15;/h6-7,10,13-14H,4-5,8-9,11-12H2,1-3H3,(H,19,20)(H,21,22,23);1H. The predicted molar refractivity (Wildman–Crippen MR) is 113 cm³/mol. The van der Waals surface area contributed by atoms with Gasteiger partial charge >= 0.3 is 0 Å². The molecule has 0 spiro atoms. The second kappa shape index (κ2) is 9.94. The van der Waals surface area contributed by atoms with Crippen molar-refractivity contribution >= 4 is 29.9 Å². The van der Waals surface area contributed by atoms with Crippen LogP contribution in [0.5, 0.6) is 0 Å². The minimum Gasteiger partial charge on any atom is -0.461 e. The van der Waals surface area contributed by atoms with Crippen LogP contribution in [-0.2, 0) is 6.54 Å². The van der Waals surface area contributed by atoms with Crippen molar-refractivity contribution < 1.29 is 4.42 Å². The fourth-order valence-electron chi connectivity index (χ4n) is 3.71. The maximum atomic E-state index is 5.32. The van der Waals surface area contributed by atoms with Crippen LogP contribution < -0.4 is 5.32 Å². The minimum absolute atomic E-state index is 0. The molecule has 3 rings (SSSR count). The normalized spacial score (nSPS) is 17.6. The van der Waals surface area contributed by atoms with Crippen LogP contribution in [0, 0.1) is 11.8 Å². The van der Waals surface area contributed by atoms with Gasteiger partial charge in [-0.15, -0.1) is 29.1 Å². The third-order valence-corrected chi connectivity index (χ3v) is 5.14. The largest absolute Gasteiger partial charge is 0.461 e. The molecule has 1 atom stereocenters. The monoisotopic (exact) mass is 472 g/mol. The van der Waals surface area contributed by atoms with Crippen molar-refractivity contribution in [3.8, 4) is 11.6 Å². The lowest BCUT2D eigenvalue weighted by atomic mass is 9.87. The molecular formula is C18H29IN6O. The van der Waals surface area contributed by atoms with Crippen LogP contribution in [0.3, 0.4) is 0 Å². The van der Waals surface area contributed by atoms with E-state index in [2.05, 4.69) is 44.2 Å². The molecule has 2 N–H and O–H groups in total. The van der Waals surface area contributed by atoms with Crippen LogP contribution in [0.1, 0.15) is 38.9 Å². The molecule has 26 heavy (non-hydrogen) atoms. The lowest BCUT2D eigenvalue weighted by molar-refractivity contribution is 0.319. The molecule has 0 bridgehead atoms. The number of H-pyrrole nitrogens is 1. The number of aromatic amines is 1. The molecule has 1 unspecified atom stereocenters. The second-order valence-electron chi connectivity index (χ2n) is 6.56. The number of hydrogen-bond acceptors (Lipinski definition) is 4. The van der Waals surface area contributed by atoms with E-state index in [0.717, 1.165) is 36.7 Å². The molecule has 1 saturated heterocycles. The number of nitrogens with zero attached hydrogens (tertiary/aromatic N) is 4. The Kier molecular flexibility index (Phi) is 7.92. The van der Waals surface area contributed by atoms with E-state index in [4.69, 9.17) is 4.42 Å². The lowest BCUT2D eigenvalue weighted by Gasteiger charge is -2.24. The summed E-state index contributed by atoms with van der Waals surface area (Å²) in [6.45, 7) is 7.30. The van der Waals surface area contributed by atoms with E-state index in [1.165, 1.54) is 19.3 Å². The predicted octanol–water partition coefficient (Wildman–Crippen LogP) is 3.52. The van der Waals surface area contributed by atoms with Gasteiger partial charge in [-0.25, -0.2) is 4.98 Å². The van der Waals surface area contributed by atoms with Crippen LogP contribution in [-0.4, -0.2) is 46.2 Å². The first-order valence-electron chi connectivity index (χ1n) is 9.15. The topological polar surface area (TPSA) is 82.3 Å². The molecule has 0 radical (unpaired) electrons. The number of aromatic nitrogens is 3. The van der Waals surface area contributed by atoms with E-state index in [1.807, 2.05) is 19.2 Å². The first kappa shape index (κ1) is 20.7. The van der Waals surface area contributed by atoms with Gasteiger partial charge in [0.15, 0.2) is 11.7 Å². The van der Waals surface area contributed by atoms with Crippen LogP contribution in [0.2, 0.25) is 0 Å². The van der Waals surface area contributed by atoms with E-state index >= 15 is 0 Å². The zero-order valence-electron chi connectivity index (χ0n) is 15.7. The van der Waals surface area contributed by atoms with E-state index in [-0.39, 0.29) is 24.0 Å². The second-order valence-corrected chi connectivity index (χ2v) is 6.56. The van der Waals surface area contributed by atoms with Gasteiger partial charge in [-0.2, -0.15) is 0 Å². The van der Waals surface area contributed by atoms with Gasteiger partial charge in [0.2, 0.25) is 5.82 Å². The molecule has 0 amide bonds. The summed E-state index contributed by atoms with van der Waals surface area (Å²) in [6.07, 6.45) is 5.39. The van der Waals surface area contributed by atoms with Crippen molar-refractivity contribution in [2.75, 3.05) is 20.1 Å². The summed E-state index contributed by atoms with van der Waals surface area (Å²) in [5.41, 5.74) is 0. The number of nitrogens with one attached hydrogen (secondary N) is 2. The molecule has 2 aromatic heterocycles. The third kappa shape index (κ3) is 4.77. The van der Waals surface area contributed by atoms with E-state index in [1.54, 1.807) is 6.26 Å². The van der Waals surface area contributed by atoms with Gasteiger partial charge in [-0.05, 0) is 30.4 Å². The molecular weight excluding hydrogens is 443 g/mol. The molecule has 0 aliphatic carbocycles. The summed E-state index contributed by atoms with van der Waals surface area (Å²) in [4.78, 5) is 11.3. The van der Waals surface area contributed by atoms with Crippen molar-refractivity contribution in [1.82, 2.24) is 25.4 Å². The molecule has 2 aromatic rings. The number of hydrogen-bond donors (Lipinski definition) is 2. The first-order chi connectivity index (χ1) is 12.2. The number of likely N-dealkylation sites (tertiary alicyclic amines) is 1. The molecule has 3 heterocycles. The van der Waals surface area contributed by atoms with Crippen molar-refractivity contribution in [2.45, 2.75) is 39.7 Å². The highest BCUT2D eigenvalue weighted by molar-refractivity contribution is 14.0. The SMILES string of the molecule is CCC(CC)C1CCN(C(=NC)NCc2nc(-c3ccco3)n[nH]2)C1.I. The summed E-state index contributed by atoms with van der Waals surface area (Å²) in [5, 5.41) is 10.5. The zero-order valence-corrected chi connectivity index (χ0v) is 18.1. The quantitative estimate of drug-likeness (QED) is 0.382. The average Bonchev–Trinajstić information content (AvgIpc) is 3.38. The van der Waals surface area contributed by atoms with E-state index in [9.17, 15) is 0 Å². The molecule has 1 aliphatic rings. The minimum atomic E-state index is 0. The van der Waals surface area contributed by atoms with Crippen LogP contribution in [0.4, 0.5) is 0 Å². The number of guanidine groups is 1. The molecule has 0 aromatic carbocycles. The Morgan fingerprint density at radius 3 is 2.92 bits per heavy atom. The Hall–Kier alpha value is -1.58. The summed E-state index contributed by atoms with van der Waals surface area (Å²) >= 11 is 0. The molecule has 0 saturated carbocycles. The summed E-state index contributed by atoms with van der Waals surface area (Å²) in [6, 6.07) is 3.68. The van der Waals surface area contributed by atoms with Gasteiger partial charge < -0.3 is 14.6 Å². The maximum absolute atomic E-state index is 5.32. The van der Waals surface area contributed by atoms with Crippen molar-refractivity contribution in [3.05, 3.63) is 24.2 Å². The maximum Gasteiger partial charge on any atom is 0.216 e. The lowest BCUT2D eigenvalue weighted by Crippen LogP contribution is -2.40. The number of halogens is 1. The molecule has 144 valence electrons. The first-order valence-corrected chi connectivity index (χ1v) is 9.15. The van der Waals surface area contributed by atoms with Crippen molar-refractivity contribution in [1.29, 1.82) is 0 Å². The Morgan fingerprint density at radius 2 is 2.27 bits per heavy atom. The van der Waals surface area contributed by atoms with Gasteiger partial charge in [-0.1, -0.05) is 26.7 Å².